The molecular formula is C27H31NO5. The van der Waals surface area contributed by atoms with Crippen LogP contribution in [-0.2, 0) is 9.59 Å². The second-order valence-electron chi connectivity index (χ2n) is 9.30. The molecule has 1 saturated carbocycles. The Kier molecular flexibility index (Phi) is 6.19. The number of aryl methyl sites for hydroxylation is 1. The van der Waals surface area contributed by atoms with Gasteiger partial charge in [0.05, 0.1) is 18.7 Å². The number of carbonyl (C=O) groups is 2. The fraction of sp³-hybridized carbons (Fsp3) is 0.407. The summed E-state index contributed by atoms with van der Waals surface area (Å²) in [5, 5.41) is 21.6. The topological polar surface area (TPSA) is 87.1 Å². The number of likely N-dealkylation sites (tertiary alicyclic amines) is 1. The Morgan fingerprint density at radius 2 is 1.82 bits per heavy atom. The lowest BCUT2D eigenvalue weighted by molar-refractivity contribution is -0.141. The van der Waals surface area contributed by atoms with Gasteiger partial charge < -0.3 is 19.8 Å². The van der Waals surface area contributed by atoms with E-state index in [1.54, 1.807) is 36.3 Å². The number of rotatable bonds is 5. The van der Waals surface area contributed by atoms with E-state index in [9.17, 15) is 19.8 Å². The first-order chi connectivity index (χ1) is 15.7. The van der Waals surface area contributed by atoms with Gasteiger partial charge in [0.2, 0.25) is 0 Å². The second kappa shape index (κ2) is 8.93. The van der Waals surface area contributed by atoms with Crippen molar-refractivity contribution < 1.29 is 24.5 Å². The Bertz CT molecular complexity index is 1130. The molecular weight excluding hydrogens is 418 g/mol. The number of phenols is 1. The molecule has 2 aromatic carbocycles. The standard InChI is InChI=1S/C27H31NO5/c1-15(2)20-14-21(16(3)12-22(20)33-4)25(30)23-24(17-8-7-11-19(29)13-17)28(27(32)26(23)31)18-9-5-6-10-18/h7-8,11-15,18,24,29-30H,5-6,9-10H2,1-4H3/b25-23+. The molecule has 174 valence electrons. The summed E-state index contributed by atoms with van der Waals surface area (Å²) in [6.07, 6.45) is 3.63. The number of carbonyl (C=O) groups excluding carboxylic acids is 2. The molecule has 1 aliphatic heterocycles. The highest BCUT2D eigenvalue weighted by Crippen LogP contribution is 2.45. The molecule has 0 radical (unpaired) electrons. The molecule has 0 spiro atoms. The van der Waals surface area contributed by atoms with Crippen LogP contribution in [0.5, 0.6) is 11.5 Å². The Morgan fingerprint density at radius 3 is 2.42 bits per heavy atom. The van der Waals surface area contributed by atoms with Crippen molar-refractivity contribution in [3.8, 4) is 11.5 Å². The third-order valence-corrected chi connectivity index (χ3v) is 6.84. The first kappa shape index (κ1) is 22.9. The summed E-state index contributed by atoms with van der Waals surface area (Å²) in [5.41, 5.74) is 2.84. The van der Waals surface area contributed by atoms with Gasteiger partial charge in [-0.2, -0.15) is 0 Å². The average molecular weight is 450 g/mol. The summed E-state index contributed by atoms with van der Waals surface area (Å²) in [6.45, 7) is 5.91. The molecule has 33 heavy (non-hydrogen) atoms. The monoisotopic (exact) mass is 449 g/mol. The highest BCUT2D eigenvalue weighted by molar-refractivity contribution is 6.46. The van der Waals surface area contributed by atoms with Crippen molar-refractivity contribution in [1.29, 1.82) is 0 Å². The van der Waals surface area contributed by atoms with Gasteiger partial charge in [0.1, 0.15) is 17.3 Å². The summed E-state index contributed by atoms with van der Waals surface area (Å²) in [5.74, 6) is -0.567. The van der Waals surface area contributed by atoms with Gasteiger partial charge in [-0.1, -0.05) is 38.8 Å². The van der Waals surface area contributed by atoms with Crippen molar-refractivity contribution in [3.05, 3.63) is 64.2 Å². The van der Waals surface area contributed by atoms with Crippen LogP contribution < -0.4 is 4.74 Å². The molecule has 4 rings (SSSR count). The highest BCUT2D eigenvalue weighted by Gasteiger charge is 2.49. The predicted octanol–water partition coefficient (Wildman–Crippen LogP) is 5.20. The molecule has 1 amide bonds. The lowest BCUT2D eigenvalue weighted by Gasteiger charge is -2.31. The number of ketones is 1. The maximum atomic E-state index is 13.3. The molecule has 2 N–H and O–H groups in total. The third kappa shape index (κ3) is 3.99. The smallest absolute Gasteiger partial charge is 0.295 e. The Labute approximate surface area is 194 Å². The average Bonchev–Trinajstić information content (AvgIpc) is 3.39. The van der Waals surface area contributed by atoms with Crippen LogP contribution in [0.4, 0.5) is 0 Å². The van der Waals surface area contributed by atoms with Crippen molar-refractivity contribution in [2.45, 2.75) is 64.5 Å². The van der Waals surface area contributed by atoms with E-state index in [0.717, 1.165) is 42.6 Å². The van der Waals surface area contributed by atoms with Crippen LogP contribution >= 0.6 is 0 Å². The number of nitrogens with zero attached hydrogens (tertiary/aromatic N) is 1. The van der Waals surface area contributed by atoms with E-state index in [1.165, 1.54) is 0 Å². The molecule has 2 fully saturated rings. The van der Waals surface area contributed by atoms with Gasteiger partial charge in [-0.05, 0) is 66.6 Å². The van der Waals surface area contributed by atoms with E-state index in [0.29, 0.717) is 11.1 Å². The number of methoxy groups -OCH3 is 1. The van der Waals surface area contributed by atoms with E-state index in [1.807, 2.05) is 32.9 Å². The van der Waals surface area contributed by atoms with Crippen molar-refractivity contribution in [2.75, 3.05) is 7.11 Å². The number of phenolic OH excluding ortho intramolecular Hbond substituents is 1. The van der Waals surface area contributed by atoms with E-state index >= 15 is 0 Å². The minimum Gasteiger partial charge on any atom is -0.508 e. The van der Waals surface area contributed by atoms with E-state index in [2.05, 4.69) is 0 Å². The predicted molar refractivity (Wildman–Crippen MR) is 126 cm³/mol. The quantitative estimate of drug-likeness (QED) is 0.372. The second-order valence-corrected chi connectivity index (χ2v) is 9.30. The summed E-state index contributed by atoms with van der Waals surface area (Å²) in [4.78, 5) is 28.2. The molecule has 6 nitrogen and oxygen atoms in total. The van der Waals surface area contributed by atoms with Gasteiger partial charge in [-0.3, -0.25) is 9.59 Å². The van der Waals surface area contributed by atoms with Crippen LogP contribution in [0.1, 0.15) is 73.7 Å². The van der Waals surface area contributed by atoms with Crippen LogP contribution in [0.15, 0.2) is 42.0 Å². The normalized spacial score (nSPS) is 20.8. The minimum atomic E-state index is -0.746. The maximum absolute atomic E-state index is 13.3. The van der Waals surface area contributed by atoms with Crippen molar-refractivity contribution in [2.24, 2.45) is 0 Å². The fourth-order valence-electron chi connectivity index (χ4n) is 5.16. The van der Waals surface area contributed by atoms with Gasteiger partial charge in [0.25, 0.3) is 11.7 Å². The van der Waals surface area contributed by atoms with E-state index < -0.39 is 17.7 Å². The van der Waals surface area contributed by atoms with Crippen molar-refractivity contribution in [3.63, 3.8) is 0 Å². The number of benzene rings is 2. The molecule has 1 saturated heterocycles. The van der Waals surface area contributed by atoms with Crippen LogP contribution in [0.3, 0.4) is 0 Å². The zero-order valence-electron chi connectivity index (χ0n) is 19.6. The summed E-state index contributed by atoms with van der Waals surface area (Å²) in [6, 6.07) is 9.46. The zero-order valence-corrected chi connectivity index (χ0v) is 19.6. The molecule has 1 aliphatic carbocycles. The number of aliphatic hydroxyl groups is 1. The lowest BCUT2D eigenvalue weighted by atomic mass is 9.90. The van der Waals surface area contributed by atoms with Crippen LogP contribution in [-0.4, -0.2) is 40.0 Å². The number of ether oxygens (including phenoxy) is 1. The van der Waals surface area contributed by atoms with E-state index in [-0.39, 0.29) is 29.0 Å². The highest BCUT2D eigenvalue weighted by atomic mass is 16.5. The molecule has 1 atom stereocenters. The first-order valence-corrected chi connectivity index (χ1v) is 11.5. The third-order valence-electron chi connectivity index (χ3n) is 6.84. The van der Waals surface area contributed by atoms with Crippen molar-refractivity contribution in [1.82, 2.24) is 4.90 Å². The van der Waals surface area contributed by atoms with Gasteiger partial charge in [0.15, 0.2) is 0 Å². The Hall–Kier alpha value is -3.28. The summed E-state index contributed by atoms with van der Waals surface area (Å²) >= 11 is 0. The number of aliphatic hydroxyl groups excluding tert-OH is 1. The SMILES string of the molecule is COc1cc(C)c(/C(O)=C2\C(=O)C(=O)N(C3CCCC3)C2c2cccc(O)c2)cc1C(C)C. The first-order valence-electron chi connectivity index (χ1n) is 11.5. The van der Waals surface area contributed by atoms with Gasteiger partial charge >= 0.3 is 0 Å². The van der Waals surface area contributed by atoms with Gasteiger partial charge in [-0.15, -0.1) is 0 Å². The number of hydrogen-bond acceptors (Lipinski definition) is 5. The molecule has 2 aromatic rings. The van der Waals surface area contributed by atoms with Gasteiger partial charge in [-0.25, -0.2) is 0 Å². The molecule has 6 heteroatoms. The maximum Gasteiger partial charge on any atom is 0.295 e. The number of amides is 1. The van der Waals surface area contributed by atoms with E-state index in [4.69, 9.17) is 4.74 Å². The molecule has 1 unspecified atom stereocenters. The largest absolute Gasteiger partial charge is 0.508 e. The Balaban J connectivity index is 1.94. The minimum absolute atomic E-state index is 0.0484. The molecule has 0 aromatic heterocycles. The molecule has 0 bridgehead atoms. The summed E-state index contributed by atoms with van der Waals surface area (Å²) < 4.78 is 5.52. The fourth-order valence-corrected chi connectivity index (χ4v) is 5.16. The van der Waals surface area contributed by atoms with Gasteiger partial charge in [0, 0.05) is 11.6 Å². The van der Waals surface area contributed by atoms with Crippen LogP contribution in [0.25, 0.3) is 5.76 Å². The lowest BCUT2D eigenvalue weighted by Crippen LogP contribution is -2.37. The number of Topliss-reactive ketones (excluding diaryl/α,β-unsaturated/α-hetero) is 1. The Morgan fingerprint density at radius 1 is 1.12 bits per heavy atom. The number of hydrogen-bond donors (Lipinski definition) is 2. The molecule has 1 heterocycles. The van der Waals surface area contributed by atoms with Crippen LogP contribution in [0.2, 0.25) is 0 Å². The van der Waals surface area contributed by atoms with Crippen LogP contribution in [0, 0.1) is 6.92 Å². The molecule has 2 aliphatic rings. The number of aromatic hydroxyl groups is 1. The summed E-state index contributed by atoms with van der Waals surface area (Å²) in [7, 11) is 1.61. The zero-order chi connectivity index (χ0) is 23.9. The van der Waals surface area contributed by atoms with Crippen molar-refractivity contribution >= 4 is 17.4 Å².